The highest BCUT2D eigenvalue weighted by atomic mass is 19.1. The van der Waals surface area contributed by atoms with E-state index < -0.39 is 5.82 Å². The monoisotopic (exact) mass is 250 g/mol. The number of benzene rings is 1. The first-order valence-corrected chi connectivity index (χ1v) is 5.37. The summed E-state index contributed by atoms with van der Waals surface area (Å²) in [5, 5.41) is 11.2. The number of halogens is 1. The largest absolute Gasteiger partial charge is 0.384 e. The lowest BCUT2D eigenvalue weighted by Crippen LogP contribution is -2.27. The molecule has 0 heterocycles. The Morgan fingerprint density at radius 2 is 2.22 bits per heavy atom. The van der Waals surface area contributed by atoms with Crippen molar-refractivity contribution in [1.29, 1.82) is 0 Å². The molecular weight excluding hydrogens is 235 g/mol. The standard InChI is InChI=1S/C13H15FN2O2/c1-16(2)9-13(18)15-11-5-6-12(14)10(8-11)4-3-7-17/h5-6,8,17H,7,9H2,1-2H3,(H,15,18). The fourth-order valence-corrected chi connectivity index (χ4v) is 1.32. The zero-order chi connectivity index (χ0) is 13.5. The summed E-state index contributed by atoms with van der Waals surface area (Å²) in [7, 11) is 3.56. The highest BCUT2D eigenvalue weighted by Gasteiger charge is 2.06. The molecule has 1 amide bonds. The molecule has 0 aliphatic heterocycles. The predicted octanol–water partition coefficient (Wildman–Crippen LogP) is 0.670. The van der Waals surface area contributed by atoms with Crippen LogP contribution in [0.4, 0.5) is 10.1 Å². The summed E-state index contributed by atoms with van der Waals surface area (Å²) in [4.78, 5) is 13.2. The Morgan fingerprint density at radius 3 is 2.83 bits per heavy atom. The van der Waals surface area contributed by atoms with E-state index in [1.165, 1.54) is 18.2 Å². The van der Waals surface area contributed by atoms with Crippen LogP contribution in [0.3, 0.4) is 0 Å². The van der Waals surface area contributed by atoms with Gasteiger partial charge in [0.15, 0.2) is 0 Å². The third-order valence-corrected chi connectivity index (χ3v) is 2.01. The van der Waals surface area contributed by atoms with Gasteiger partial charge in [-0.1, -0.05) is 11.8 Å². The molecule has 0 fully saturated rings. The second-order valence-electron chi connectivity index (χ2n) is 3.94. The lowest BCUT2D eigenvalue weighted by molar-refractivity contribution is -0.116. The summed E-state index contributed by atoms with van der Waals surface area (Å²) >= 11 is 0. The third kappa shape index (κ3) is 4.53. The Morgan fingerprint density at radius 1 is 1.50 bits per heavy atom. The van der Waals surface area contributed by atoms with Crippen molar-refractivity contribution < 1.29 is 14.3 Å². The molecule has 0 aromatic heterocycles. The molecule has 0 atom stereocenters. The normalized spacial score (nSPS) is 9.83. The maximum absolute atomic E-state index is 13.3. The Labute approximate surface area is 105 Å². The number of aliphatic hydroxyl groups excluding tert-OH is 1. The summed E-state index contributed by atoms with van der Waals surface area (Å²) in [6.07, 6.45) is 0. The van der Waals surface area contributed by atoms with E-state index in [4.69, 9.17) is 5.11 Å². The van der Waals surface area contributed by atoms with Crippen molar-refractivity contribution in [3.8, 4) is 11.8 Å². The quantitative estimate of drug-likeness (QED) is 0.775. The Kier molecular flexibility index (Phi) is 5.31. The predicted molar refractivity (Wildman–Crippen MR) is 67.5 cm³/mol. The van der Waals surface area contributed by atoms with Gasteiger partial charge in [0.2, 0.25) is 5.91 Å². The van der Waals surface area contributed by atoms with Gasteiger partial charge in [0.1, 0.15) is 12.4 Å². The molecule has 4 nitrogen and oxygen atoms in total. The molecule has 1 aromatic rings. The van der Waals surface area contributed by atoms with Gasteiger partial charge in [-0.25, -0.2) is 4.39 Å². The van der Waals surface area contributed by atoms with Crippen LogP contribution < -0.4 is 5.32 Å². The number of carbonyl (C=O) groups is 1. The summed E-state index contributed by atoms with van der Waals surface area (Å²) < 4.78 is 13.3. The highest BCUT2D eigenvalue weighted by molar-refractivity contribution is 5.92. The fourth-order valence-electron chi connectivity index (χ4n) is 1.32. The van der Waals surface area contributed by atoms with Gasteiger partial charge in [-0.15, -0.1) is 0 Å². The van der Waals surface area contributed by atoms with Gasteiger partial charge in [-0.3, -0.25) is 4.79 Å². The second-order valence-corrected chi connectivity index (χ2v) is 3.94. The van der Waals surface area contributed by atoms with Gasteiger partial charge < -0.3 is 15.3 Å². The minimum absolute atomic E-state index is 0.145. The first-order chi connectivity index (χ1) is 8.52. The molecule has 0 radical (unpaired) electrons. The van der Waals surface area contributed by atoms with Crippen LogP contribution in [0.15, 0.2) is 18.2 Å². The SMILES string of the molecule is CN(C)CC(=O)Nc1ccc(F)c(C#CCO)c1. The van der Waals surface area contributed by atoms with Crippen molar-refractivity contribution in [2.24, 2.45) is 0 Å². The summed E-state index contributed by atoms with van der Waals surface area (Å²) in [5.41, 5.74) is 0.622. The molecule has 5 heteroatoms. The average Bonchev–Trinajstić information content (AvgIpc) is 2.28. The second kappa shape index (κ2) is 6.74. The van der Waals surface area contributed by atoms with Gasteiger partial charge in [0.05, 0.1) is 12.1 Å². The van der Waals surface area contributed by atoms with Crippen molar-refractivity contribution in [3.05, 3.63) is 29.6 Å². The van der Waals surface area contributed by atoms with E-state index in [-0.39, 0.29) is 24.6 Å². The molecule has 0 saturated carbocycles. The minimum Gasteiger partial charge on any atom is -0.384 e. The lowest BCUT2D eigenvalue weighted by Gasteiger charge is -2.10. The summed E-state index contributed by atoms with van der Waals surface area (Å²) in [6.45, 7) is -0.0916. The molecule has 0 unspecified atom stereocenters. The van der Waals surface area contributed by atoms with E-state index in [1.807, 2.05) is 0 Å². The van der Waals surface area contributed by atoms with Crippen LogP contribution in [0.1, 0.15) is 5.56 Å². The van der Waals surface area contributed by atoms with Gasteiger partial charge in [-0.2, -0.15) is 0 Å². The summed E-state index contributed by atoms with van der Waals surface area (Å²) in [6, 6.07) is 4.13. The van der Waals surface area contributed by atoms with E-state index >= 15 is 0 Å². The number of hydrogen-bond donors (Lipinski definition) is 2. The number of nitrogens with one attached hydrogen (secondary N) is 1. The first-order valence-electron chi connectivity index (χ1n) is 5.37. The molecule has 0 aliphatic rings. The van der Waals surface area contributed by atoms with Crippen molar-refractivity contribution in [1.82, 2.24) is 4.90 Å². The fraction of sp³-hybridized carbons (Fsp3) is 0.308. The smallest absolute Gasteiger partial charge is 0.238 e. The lowest BCUT2D eigenvalue weighted by atomic mass is 10.2. The Hall–Kier alpha value is -1.90. The number of amides is 1. The zero-order valence-electron chi connectivity index (χ0n) is 10.3. The molecular formula is C13H15FN2O2. The topological polar surface area (TPSA) is 52.6 Å². The molecule has 0 bridgehead atoms. The van der Waals surface area contributed by atoms with E-state index in [0.717, 1.165) is 0 Å². The van der Waals surface area contributed by atoms with Crippen LogP contribution in [-0.2, 0) is 4.79 Å². The van der Waals surface area contributed by atoms with Crippen LogP contribution in [-0.4, -0.2) is 43.2 Å². The van der Waals surface area contributed by atoms with E-state index in [0.29, 0.717) is 5.69 Å². The van der Waals surface area contributed by atoms with Gasteiger partial charge >= 0.3 is 0 Å². The molecule has 0 aliphatic carbocycles. The molecule has 2 N–H and O–H groups in total. The number of likely N-dealkylation sites (N-methyl/N-ethyl adjacent to an activating group) is 1. The van der Waals surface area contributed by atoms with E-state index in [2.05, 4.69) is 17.2 Å². The minimum atomic E-state index is -0.485. The van der Waals surface area contributed by atoms with Crippen LogP contribution in [0.2, 0.25) is 0 Å². The number of carbonyl (C=O) groups excluding carboxylic acids is 1. The molecule has 96 valence electrons. The van der Waals surface area contributed by atoms with Crippen LogP contribution >= 0.6 is 0 Å². The average molecular weight is 250 g/mol. The molecule has 0 saturated heterocycles. The van der Waals surface area contributed by atoms with Gasteiger partial charge in [0.25, 0.3) is 0 Å². The van der Waals surface area contributed by atoms with Crippen molar-refractivity contribution >= 4 is 11.6 Å². The molecule has 18 heavy (non-hydrogen) atoms. The van der Waals surface area contributed by atoms with Crippen LogP contribution in [0.25, 0.3) is 0 Å². The third-order valence-electron chi connectivity index (χ3n) is 2.01. The Bertz CT molecular complexity index is 489. The highest BCUT2D eigenvalue weighted by Crippen LogP contribution is 2.13. The number of hydrogen-bond acceptors (Lipinski definition) is 3. The first kappa shape index (κ1) is 14.2. The number of aliphatic hydroxyl groups is 1. The van der Waals surface area contributed by atoms with Crippen LogP contribution in [0.5, 0.6) is 0 Å². The number of rotatable bonds is 3. The molecule has 0 spiro atoms. The van der Waals surface area contributed by atoms with Crippen molar-refractivity contribution in [2.75, 3.05) is 32.6 Å². The molecule has 1 rings (SSSR count). The zero-order valence-corrected chi connectivity index (χ0v) is 10.3. The van der Waals surface area contributed by atoms with Crippen molar-refractivity contribution in [3.63, 3.8) is 0 Å². The van der Waals surface area contributed by atoms with Crippen molar-refractivity contribution in [2.45, 2.75) is 0 Å². The number of anilines is 1. The van der Waals surface area contributed by atoms with E-state index in [1.54, 1.807) is 19.0 Å². The van der Waals surface area contributed by atoms with Gasteiger partial charge in [-0.05, 0) is 32.3 Å². The van der Waals surface area contributed by atoms with E-state index in [9.17, 15) is 9.18 Å². The maximum Gasteiger partial charge on any atom is 0.238 e. The van der Waals surface area contributed by atoms with Crippen LogP contribution in [0, 0.1) is 17.7 Å². The number of nitrogens with zero attached hydrogens (tertiary/aromatic N) is 1. The van der Waals surface area contributed by atoms with Gasteiger partial charge in [0, 0.05) is 5.69 Å². The maximum atomic E-state index is 13.3. The summed E-state index contributed by atoms with van der Waals surface area (Å²) in [5.74, 6) is 4.17. The Balaban J connectivity index is 2.82. The molecule has 1 aromatic carbocycles.